The number of rotatable bonds is 2. The predicted molar refractivity (Wildman–Crippen MR) is 81.6 cm³/mol. The molecule has 102 valence electrons. The van der Waals surface area contributed by atoms with Crippen LogP contribution in [0.5, 0.6) is 0 Å². The van der Waals surface area contributed by atoms with E-state index in [2.05, 4.69) is 15.9 Å². The van der Waals surface area contributed by atoms with E-state index in [1.807, 2.05) is 24.3 Å². The Kier molecular flexibility index (Phi) is 3.48. The van der Waals surface area contributed by atoms with Crippen molar-refractivity contribution in [2.75, 3.05) is 6.26 Å². The SMILES string of the molecule is CS(=O)c1c(-c2ccc(Br)cc2)oc2ccc(F)cc12. The standard InChI is InChI=1S/C15H10BrFO2S/c1-20(18)15-12-8-11(17)6-7-13(12)19-14(15)9-2-4-10(16)5-3-9/h2-8H,1H3. The molecule has 3 aromatic rings. The Hall–Kier alpha value is -1.46. The Morgan fingerprint density at radius 1 is 1.15 bits per heavy atom. The van der Waals surface area contributed by atoms with Crippen molar-refractivity contribution in [3.05, 3.63) is 52.8 Å². The average Bonchev–Trinajstić information content (AvgIpc) is 2.78. The van der Waals surface area contributed by atoms with E-state index >= 15 is 0 Å². The normalized spacial score (nSPS) is 12.8. The van der Waals surface area contributed by atoms with Crippen LogP contribution in [0, 0.1) is 5.82 Å². The first-order chi connectivity index (χ1) is 9.56. The molecule has 1 aromatic heterocycles. The van der Waals surface area contributed by atoms with E-state index in [0.717, 1.165) is 10.0 Å². The van der Waals surface area contributed by atoms with Gasteiger partial charge in [0.1, 0.15) is 11.4 Å². The molecule has 0 spiro atoms. The lowest BCUT2D eigenvalue weighted by Gasteiger charge is -2.00. The molecular formula is C15H10BrFO2S. The van der Waals surface area contributed by atoms with Gasteiger partial charge in [-0.15, -0.1) is 0 Å². The molecule has 0 aliphatic heterocycles. The molecule has 5 heteroatoms. The Labute approximate surface area is 126 Å². The van der Waals surface area contributed by atoms with Crippen LogP contribution in [0.2, 0.25) is 0 Å². The minimum atomic E-state index is -1.27. The van der Waals surface area contributed by atoms with Gasteiger partial charge in [0.05, 0.1) is 15.7 Å². The molecule has 0 fully saturated rings. The summed E-state index contributed by atoms with van der Waals surface area (Å²) in [5, 5.41) is 0.559. The van der Waals surface area contributed by atoms with Crippen molar-refractivity contribution in [3.63, 3.8) is 0 Å². The van der Waals surface area contributed by atoms with E-state index < -0.39 is 10.8 Å². The fourth-order valence-electron chi connectivity index (χ4n) is 2.12. The van der Waals surface area contributed by atoms with Crippen LogP contribution < -0.4 is 0 Å². The largest absolute Gasteiger partial charge is 0.455 e. The number of furan rings is 1. The maximum atomic E-state index is 13.4. The average molecular weight is 353 g/mol. The first-order valence-electron chi connectivity index (χ1n) is 5.87. The van der Waals surface area contributed by atoms with E-state index in [-0.39, 0.29) is 5.82 Å². The van der Waals surface area contributed by atoms with E-state index in [0.29, 0.717) is 21.6 Å². The van der Waals surface area contributed by atoms with Crippen LogP contribution in [-0.4, -0.2) is 10.5 Å². The molecule has 0 bridgehead atoms. The van der Waals surface area contributed by atoms with Gasteiger partial charge in [0.15, 0.2) is 5.76 Å². The minimum absolute atomic E-state index is 0.368. The summed E-state index contributed by atoms with van der Waals surface area (Å²) >= 11 is 3.37. The van der Waals surface area contributed by atoms with E-state index in [1.165, 1.54) is 12.1 Å². The lowest BCUT2D eigenvalue weighted by atomic mass is 10.1. The highest BCUT2D eigenvalue weighted by Gasteiger charge is 2.19. The van der Waals surface area contributed by atoms with Crippen LogP contribution >= 0.6 is 15.9 Å². The molecule has 0 aliphatic rings. The van der Waals surface area contributed by atoms with Gasteiger partial charge in [-0.3, -0.25) is 4.21 Å². The molecule has 0 amide bonds. The Morgan fingerprint density at radius 2 is 1.85 bits per heavy atom. The third-order valence-electron chi connectivity index (χ3n) is 3.00. The molecular weight excluding hydrogens is 343 g/mol. The number of benzene rings is 2. The summed E-state index contributed by atoms with van der Waals surface area (Å²) < 4.78 is 32.1. The molecule has 0 aliphatic carbocycles. The van der Waals surface area contributed by atoms with Crippen molar-refractivity contribution < 1.29 is 13.0 Å². The molecule has 1 heterocycles. The zero-order chi connectivity index (χ0) is 14.3. The topological polar surface area (TPSA) is 30.2 Å². The summed E-state index contributed by atoms with van der Waals surface area (Å²) in [6.45, 7) is 0. The second-order valence-electron chi connectivity index (χ2n) is 4.36. The summed E-state index contributed by atoms with van der Waals surface area (Å²) in [6.07, 6.45) is 1.57. The molecule has 3 rings (SSSR count). The van der Waals surface area contributed by atoms with Gasteiger partial charge in [-0.25, -0.2) is 4.39 Å². The fourth-order valence-corrected chi connectivity index (χ4v) is 3.28. The number of halogens is 2. The summed E-state index contributed by atoms with van der Waals surface area (Å²) in [5.74, 6) is 0.159. The van der Waals surface area contributed by atoms with E-state index in [9.17, 15) is 8.60 Å². The van der Waals surface area contributed by atoms with Gasteiger partial charge in [0.2, 0.25) is 0 Å². The van der Waals surface area contributed by atoms with Gasteiger partial charge >= 0.3 is 0 Å². The van der Waals surface area contributed by atoms with Gasteiger partial charge in [-0.2, -0.15) is 0 Å². The summed E-state index contributed by atoms with van der Waals surface area (Å²) in [7, 11) is -1.27. The maximum Gasteiger partial charge on any atom is 0.151 e. The van der Waals surface area contributed by atoms with Crippen LogP contribution in [-0.2, 0) is 10.8 Å². The molecule has 0 saturated heterocycles. The highest BCUT2D eigenvalue weighted by Crippen LogP contribution is 2.36. The number of fused-ring (bicyclic) bond motifs is 1. The van der Waals surface area contributed by atoms with Crippen molar-refractivity contribution >= 4 is 37.7 Å². The quantitative estimate of drug-likeness (QED) is 0.666. The highest BCUT2D eigenvalue weighted by atomic mass is 79.9. The van der Waals surface area contributed by atoms with Crippen molar-refractivity contribution in [3.8, 4) is 11.3 Å². The Bertz CT molecular complexity index is 809. The monoisotopic (exact) mass is 352 g/mol. The number of hydrogen-bond acceptors (Lipinski definition) is 2. The van der Waals surface area contributed by atoms with Crippen molar-refractivity contribution in [2.45, 2.75) is 4.90 Å². The predicted octanol–water partition coefficient (Wildman–Crippen LogP) is 4.74. The lowest BCUT2D eigenvalue weighted by molar-refractivity contribution is 0.615. The van der Waals surface area contributed by atoms with Crippen LogP contribution in [0.4, 0.5) is 4.39 Å². The molecule has 0 saturated carbocycles. The van der Waals surface area contributed by atoms with Crippen molar-refractivity contribution in [1.82, 2.24) is 0 Å². The van der Waals surface area contributed by atoms with Crippen LogP contribution in [0.15, 0.2) is 56.2 Å². The first kappa shape index (κ1) is 13.5. The third-order valence-corrected chi connectivity index (χ3v) is 4.51. The Morgan fingerprint density at radius 3 is 2.50 bits per heavy atom. The Balaban J connectivity index is 2.32. The molecule has 0 radical (unpaired) electrons. The maximum absolute atomic E-state index is 13.4. The molecule has 0 N–H and O–H groups in total. The van der Waals surface area contributed by atoms with Gasteiger partial charge in [0, 0.05) is 21.7 Å². The van der Waals surface area contributed by atoms with Gasteiger partial charge in [-0.1, -0.05) is 28.1 Å². The van der Waals surface area contributed by atoms with E-state index in [1.54, 1.807) is 12.3 Å². The van der Waals surface area contributed by atoms with E-state index in [4.69, 9.17) is 4.42 Å². The zero-order valence-corrected chi connectivity index (χ0v) is 12.9. The van der Waals surface area contributed by atoms with Gasteiger partial charge in [0.25, 0.3) is 0 Å². The third kappa shape index (κ3) is 2.31. The summed E-state index contributed by atoms with van der Waals surface area (Å²) in [6, 6.07) is 11.8. The van der Waals surface area contributed by atoms with Crippen LogP contribution in [0.25, 0.3) is 22.3 Å². The molecule has 2 aromatic carbocycles. The van der Waals surface area contributed by atoms with Crippen LogP contribution in [0.1, 0.15) is 0 Å². The fraction of sp³-hybridized carbons (Fsp3) is 0.0667. The second-order valence-corrected chi connectivity index (χ2v) is 6.59. The smallest absolute Gasteiger partial charge is 0.151 e. The van der Waals surface area contributed by atoms with Gasteiger partial charge in [-0.05, 0) is 30.3 Å². The zero-order valence-electron chi connectivity index (χ0n) is 10.5. The van der Waals surface area contributed by atoms with Crippen molar-refractivity contribution in [2.24, 2.45) is 0 Å². The lowest BCUT2D eigenvalue weighted by Crippen LogP contribution is -1.89. The molecule has 1 unspecified atom stereocenters. The van der Waals surface area contributed by atoms with Crippen LogP contribution in [0.3, 0.4) is 0 Å². The highest BCUT2D eigenvalue weighted by molar-refractivity contribution is 9.10. The summed E-state index contributed by atoms with van der Waals surface area (Å²) in [5.41, 5.74) is 1.35. The number of hydrogen-bond donors (Lipinski definition) is 0. The molecule has 1 atom stereocenters. The minimum Gasteiger partial charge on any atom is -0.455 e. The first-order valence-corrected chi connectivity index (χ1v) is 8.23. The second kappa shape index (κ2) is 5.14. The van der Waals surface area contributed by atoms with Crippen molar-refractivity contribution in [1.29, 1.82) is 0 Å². The molecule has 20 heavy (non-hydrogen) atoms. The summed E-state index contributed by atoms with van der Waals surface area (Å²) in [4.78, 5) is 0.529. The van der Waals surface area contributed by atoms with Gasteiger partial charge < -0.3 is 4.42 Å². The molecule has 2 nitrogen and oxygen atoms in total.